The van der Waals surface area contributed by atoms with Crippen molar-refractivity contribution in [3.05, 3.63) is 10.4 Å². The maximum absolute atomic E-state index is 8.68. The van der Waals surface area contributed by atoms with E-state index >= 15 is 0 Å². The Bertz CT molecular complexity index is 101. The van der Waals surface area contributed by atoms with Crippen molar-refractivity contribution in [2.75, 3.05) is 11.9 Å². The molecule has 0 aromatic carbocycles. The largest absolute Gasteiger partial charge is 0.392 e. The molecule has 8 heavy (non-hydrogen) atoms. The molecular weight excluding hydrogens is 174 g/mol. The van der Waals surface area contributed by atoms with Crippen LogP contribution in [0.3, 0.4) is 0 Å². The fourth-order valence-electron chi connectivity index (χ4n) is 0.180. The summed E-state index contributed by atoms with van der Waals surface area (Å²) < 4.78 is 0. The first-order valence-electron chi connectivity index (χ1n) is 2.06. The third-order valence-corrected chi connectivity index (χ3v) is 1.28. The topological polar surface area (TPSA) is 69.0 Å². The molecule has 0 saturated carbocycles. The summed E-state index contributed by atoms with van der Waals surface area (Å²) in [6, 6.07) is 0. The third kappa shape index (κ3) is 3.92. The van der Waals surface area contributed by atoms with Crippen molar-refractivity contribution in [3.63, 3.8) is 0 Å². The number of aliphatic hydroxyl groups is 1. The minimum Gasteiger partial charge on any atom is -0.392 e. The fourth-order valence-corrected chi connectivity index (χ4v) is 0.384. The third-order valence-electron chi connectivity index (χ3n) is 0.534. The molecule has 0 aliphatic heterocycles. The van der Waals surface area contributed by atoms with E-state index in [1.165, 1.54) is 0 Å². The molecule has 0 aromatic rings. The molecule has 0 aromatic heterocycles. The minimum atomic E-state index is -0.550. The lowest BCUT2D eigenvalue weighted by atomic mass is 10.4. The highest BCUT2D eigenvalue weighted by Crippen LogP contribution is 1.89. The van der Waals surface area contributed by atoms with Gasteiger partial charge in [-0.3, -0.25) is 0 Å². The molecule has 1 unspecified atom stereocenters. The quantitative estimate of drug-likeness (QED) is 0.300. The van der Waals surface area contributed by atoms with Gasteiger partial charge in [0.2, 0.25) is 0 Å². The van der Waals surface area contributed by atoms with Crippen LogP contribution in [-0.2, 0) is 0 Å². The highest BCUT2D eigenvalue weighted by Gasteiger charge is 1.95. The van der Waals surface area contributed by atoms with Crippen LogP contribution in [0.1, 0.15) is 0 Å². The second-order valence-electron chi connectivity index (χ2n) is 1.22. The van der Waals surface area contributed by atoms with Crippen molar-refractivity contribution < 1.29 is 5.11 Å². The zero-order chi connectivity index (χ0) is 6.41. The summed E-state index contributed by atoms with van der Waals surface area (Å²) in [4.78, 5) is 2.47. The van der Waals surface area contributed by atoms with Gasteiger partial charge in [0.05, 0.1) is 12.6 Å². The van der Waals surface area contributed by atoms with Crippen molar-refractivity contribution in [3.8, 4) is 0 Å². The zero-order valence-corrected chi connectivity index (χ0v) is 5.74. The summed E-state index contributed by atoms with van der Waals surface area (Å²) in [6.07, 6.45) is -0.550. The summed E-state index contributed by atoms with van der Waals surface area (Å²) >= 11 is 3.01. The van der Waals surface area contributed by atoms with Crippen LogP contribution < -0.4 is 0 Å². The number of halogens is 1. The molecule has 46 valence electrons. The molecule has 0 saturated heterocycles. The van der Waals surface area contributed by atoms with Crippen molar-refractivity contribution >= 4 is 15.9 Å². The molecule has 0 rings (SSSR count). The first-order valence-corrected chi connectivity index (χ1v) is 3.18. The van der Waals surface area contributed by atoms with Gasteiger partial charge < -0.3 is 5.11 Å². The molecule has 0 spiro atoms. The van der Waals surface area contributed by atoms with Gasteiger partial charge in [-0.05, 0) is 5.53 Å². The number of aliphatic hydroxyl groups excluding tert-OH is 1. The standard InChI is InChI=1S/C3H6BrN3O/c4-1-3(8)2-6-7-5/h3,8H,1-2H2. The van der Waals surface area contributed by atoms with E-state index in [4.69, 9.17) is 10.6 Å². The van der Waals surface area contributed by atoms with E-state index in [2.05, 4.69) is 26.0 Å². The van der Waals surface area contributed by atoms with Gasteiger partial charge in [0, 0.05) is 10.2 Å². The van der Waals surface area contributed by atoms with Crippen LogP contribution in [0, 0.1) is 0 Å². The van der Waals surface area contributed by atoms with Crippen molar-refractivity contribution in [1.82, 2.24) is 0 Å². The summed E-state index contributed by atoms with van der Waals surface area (Å²) in [5.74, 6) is 0. The lowest BCUT2D eigenvalue weighted by Gasteiger charge is -1.97. The predicted molar refractivity (Wildman–Crippen MR) is 33.8 cm³/mol. The van der Waals surface area contributed by atoms with Gasteiger partial charge in [0.25, 0.3) is 0 Å². The number of azide groups is 1. The Morgan fingerprint density at radius 2 is 2.50 bits per heavy atom. The van der Waals surface area contributed by atoms with Gasteiger partial charge in [0.15, 0.2) is 0 Å². The Morgan fingerprint density at radius 1 is 1.88 bits per heavy atom. The number of rotatable bonds is 3. The Hall–Kier alpha value is -0.250. The molecule has 0 heterocycles. The number of hydrogen-bond donors (Lipinski definition) is 1. The van der Waals surface area contributed by atoms with E-state index in [-0.39, 0.29) is 6.54 Å². The summed E-state index contributed by atoms with van der Waals surface area (Å²) in [7, 11) is 0. The van der Waals surface area contributed by atoms with Gasteiger partial charge in [0.1, 0.15) is 0 Å². The molecule has 0 aliphatic rings. The predicted octanol–water partition coefficient (Wildman–Crippen LogP) is 1.05. The lowest BCUT2D eigenvalue weighted by molar-refractivity contribution is 0.209. The van der Waals surface area contributed by atoms with Gasteiger partial charge >= 0.3 is 0 Å². The van der Waals surface area contributed by atoms with Crippen LogP contribution in [0.4, 0.5) is 0 Å². The number of nitrogens with zero attached hydrogens (tertiary/aromatic N) is 3. The molecule has 0 aliphatic carbocycles. The maximum atomic E-state index is 8.68. The van der Waals surface area contributed by atoms with Crippen LogP contribution in [0.25, 0.3) is 10.4 Å². The van der Waals surface area contributed by atoms with Gasteiger partial charge in [-0.1, -0.05) is 21.0 Å². The molecule has 4 nitrogen and oxygen atoms in total. The van der Waals surface area contributed by atoms with Crippen molar-refractivity contribution in [1.29, 1.82) is 0 Å². The van der Waals surface area contributed by atoms with Crippen LogP contribution in [0.5, 0.6) is 0 Å². The number of hydrogen-bond acceptors (Lipinski definition) is 2. The van der Waals surface area contributed by atoms with Crippen molar-refractivity contribution in [2.45, 2.75) is 6.10 Å². The van der Waals surface area contributed by atoms with E-state index < -0.39 is 6.10 Å². The normalized spacial score (nSPS) is 12.2. The highest BCUT2D eigenvalue weighted by molar-refractivity contribution is 9.09. The SMILES string of the molecule is [N-]=[N+]=NCC(O)CBr. The van der Waals surface area contributed by atoms with Crippen molar-refractivity contribution in [2.24, 2.45) is 5.11 Å². The molecule has 0 radical (unpaired) electrons. The average molecular weight is 180 g/mol. The van der Waals surface area contributed by atoms with E-state index in [9.17, 15) is 0 Å². The van der Waals surface area contributed by atoms with Gasteiger partial charge in [-0.25, -0.2) is 0 Å². The van der Waals surface area contributed by atoms with Gasteiger partial charge in [-0.2, -0.15) is 0 Å². The zero-order valence-electron chi connectivity index (χ0n) is 4.16. The van der Waals surface area contributed by atoms with Gasteiger partial charge in [-0.15, -0.1) is 0 Å². The molecule has 1 N–H and O–H groups in total. The first kappa shape index (κ1) is 7.75. The van der Waals surface area contributed by atoms with Crippen LogP contribution in [0.15, 0.2) is 5.11 Å². The van der Waals surface area contributed by atoms with E-state index in [0.29, 0.717) is 5.33 Å². The number of alkyl halides is 1. The van der Waals surface area contributed by atoms with E-state index in [0.717, 1.165) is 0 Å². The second kappa shape index (κ2) is 4.90. The molecule has 1 atom stereocenters. The van der Waals surface area contributed by atoms with Crippen LogP contribution >= 0.6 is 15.9 Å². The molecule has 5 heteroatoms. The monoisotopic (exact) mass is 179 g/mol. The van der Waals surface area contributed by atoms with E-state index in [1.54, 1.807) is 0 Å². The molecule has 0 amide bonds. The summed E-state index contributed by atoms with van der Waals surface area (Å²) in [5.41, 5.74) is 7.74. The Labute approximate surface area is 55.3 Å². The minimum absolute atomic E-state index is 0.141. The fraction of sp³-hybridized carbons (Fsp3) is 1.00. The summed E-state index contributed by atoms with van der Waals surface area (Å²) in [6.45, 7) is 0.141. The highest BCUT2D eigenvalue weighted by atomic mass is 79.9. The first-order chi connectivity index (χ1) is 3.81. The maximum Gasteiger partial charge on any atom is 0.0693 e. The Kier molecular flexibility index (Phi) is 4.75. The summed E-state index contributed by atoms with van der Waals surface area (Å²) in [5, 5.41) is 12.3. The lowest BCUT2D eigenvalue weighted by Crippen LogP contribution is -2.10. The molecular formula is C3H6BrN3O. The molecule has 0 fully saturated rings. The smallest absolute Gasteiger partial charge is 0.0693 e. The van der Waals surface area contributed by atoms with Crippen LogP contribution in [-0.4, -0.2) is 23.1 Å². The van der Waals surface area contributed by atoms with E-state index in [1.807, 2.05) is 0 Å². The Balaban J connectivity index is 3.23. The molecule has 0 bridgehead atoms. The van der Waals surface area contributed by atoms with Crippen LogP contribution in [0.2, 0.25) is 0 Å². The Morgan fingerprint density at radius 3 is 2.88 bits per heavy atom. The second-order valence-corrected chi connectivity index (χ2v) is 1.87. The average Bonchev–Trinajstić information content (AvgIpc) is 1.83.